The number of benzene rings is 7. The maximum Gasteiger partial charge on any atom is 0.159 e. The Bertz CT molecular complexity index is 2480. The summed E-state index contributed by atoms with van der Waals surface area (Å²) < 4.78 is 6.65. The summed E-state index contributed by atoms with van der Waals surface area (Å²) in [4.78, 5) is 10.3. The van der Waals surface area contributed by atoms with Gasteiger partial charge in [-0.15, -0.1) is 0 Å². The number of aliphatic imine (C=N–C) groups is 2. The average molecular weight is 604 g/mol. The molecule has 0 saturated heterocycles. The van der Waals surface area contributed by atoms with Crippen LogP contribution >= 0.6 is 0 Å². The fraction of sp³-hybridized carbons (Fsp3) is 0.0233. The third-order valence-electron chi connectivity index (χ3n) is 8.95. The lowest BCUT2D eigenvalue weighted by Gasteiger charge is -2.24. The number of nitrogens with one attached hydrogen (secondary N) is 1. The lowest BCUT2D eigenvalue weighted by molar-refractivity contribution is 0.663. The van der Waals surface area contributed by atoms with Crippen LogP contribution in [-0.4, -0.2) is 11.7 Å². The van der Waals surface area contributed by atoms with Crippen LogP contribution in [0.1, 0.15) is 22.9 Å². The highest BCUT2D eigenvalue weighted by atomic mass is 16.3. The summed E-state index contributed by atoms with van der Waals surface area (Å²) in [5, 5.41) is 8.23. The van der Waals surface area contributed by atoms with E-state index in [1.54, 1.807) is 0 Å². The van der Waals surface area contributed by atoms with Crippen molar-refractivity contribution in [3.8, 4) is 22.3 Å². The van der Waals surface area contributed by atoms with E-state index in [1.165, 1.54) is 16.3 Å². The molecule has 7 aromatic carbocycles. The van der Waals surface area contributed by atoms with Gasteiger partial charge in [0, 0.05) is 33.0 Å². The second kappa shape index (κ2) is 11.3. The van der Waals surface area contributed by atoms with Gasteiger partial charge < -0.3 is 9.73 Å². The molecule has 0 amide bonds. The summed E-state index contributed by atoms with van der Waals surface area (Å²) in [6.07, 6.45) is -0.388. The molecule has 0 spiro atoms. The zero-order valence-electron chi connectivity index (χ0n) is 25.5. The topological polar surface area (TPSA) is 49.9 Å². The predicted octanol–water partition coefficient (Wildman–Crippen LogP) is 10.6. The molecule has 2 heterocycles. The summed E-state index contributed by atoms with van der Waals surface area (Å²) in [5.41, 5.74) is 9.23. The second-order valence-corrected chi connectivity index (χ2v) is 11.8. The van der Waals surface area contributed by atoms with E-state index in [1.807, 2.05) is 36.4 Å². The molecule has 9 rings (SSSR count). The molecule has 1 aliphatic rings. The monoisotopic (exact) mass is 603 g/mol. The number of amidine groups is 2. The Morgan fingerprint density at radius 2 is 1.15 bits per heavy atom. The van der Waals surface area contributed by atoms with E-state index in [4.69, 9.17) is 14.4 Å². The Labute approximate surface area is 272 Å². The van der Waals surface area contributed by atoms with Crippen molar-refractivity contribution in [2.24, 2.45) is 9.98 Å². The normalized spacial score (nSPS) is 14.6. The molecule has 1 aromatic heterocycles. The molecule has 4 nitrogen and oxygen atoms in total. The van der Waals surface area contributed by atoms with Crippen molar-refractivity contribution in [1.29, 1.82) is 0 Å². The first-order valence-electron chi connectivity index (χ1n) is 15.9. The van der Waals surface area contributed by atoms with Crippen molar-refractivity contribution in [1.82, 2.24) is 5.32 Å². The molecule has 0 radical (unpaired) electrons. The van der Waals surface area contributed by atoms with Gasteiger partial charge in [-0.3, -0.25) is 0 Å². The fourth-order valence-corrected chi connectivity index (χ4v) is 6.59. The Morgan fingerprint density at radius 3 is 1.96 bits per heavy atom. The summed E-state index contributed by atoms with van der Waals surface area (Å²) >= 11 is 0. The van der Waals surface area contributed by atoms with Crippen molar-refractivity contribution in [2.75, 3.05) is 0 Å². The van der Waals surface area contributed by atoms with Crippen molar-refractivity contribution in [3.05, 3.63) is 180 Å². The Balaban J connectivity index is 1.19. The first-order valence-corrected chi connectivity index (χ1v) is 15.9. The minimum absolute atomic E-state index is 0.388. The van der Waals surface area contributed by atoms with Gasteiger partial charge in [0.2, 0.25) is 0 Å². The molecule has 47 heavy (non-hydrogen) atoms. The lowest BCUT2D eigenvalue weighted by Crippen LogP contribution is -2.33. The molecule has 0 bridgehead atoms. The number of furan rings is 1. The highest BCUT2D eigenvalue weighted by molar-refractivity contribution is 6.15. The van der Waals surface area contributed by atoms with Gasteiger partial charge in [-0.1, -0.05) is 152 Å². The van der Waals surface area contributed by atoms with E-state index in [2.05, 4.69) is 133 Å². The van der Waals surface area contributed by atoms with Crippen LogP contribution in [0, 0.1) is 0 Å². The van der Waals surface area contributed by atoms with Gasteiger partial charge in [0.05, 0.1) is 0 Å². The molecule has 0 fully saturated rings. The number of hydrogen-bond donors (Lipinski definition) is 1. The molecule has 1 aliphatic heterocycles. The molecule has 1 unspecified atom stereocenters. The number of fused-ring (bicyclic) bond motifs is 4. The molecular weight excluding hydrogens is 574 g/mol. The van der Waals surface area contributed by atoms with Crippen LogP contribution in [0.5, 0.6) is 0 Å². The van der Waals surface area contributed by atoms with Crippen LogP contribution in [0.15, 0.2) is 178 Å². The highest BCUT2D eigenvalue weighted by Gasteiger charge is 2.26. The van der Waals surface area contributed by atoms with Gasteiger partial charge >= 0.3 is 0 Å². The van der Waals surface area contributed by atoms with Crippen molar-refractivity contribution in [3.63, 3.8) is 0 Å². The van der Waals surface area contributed by atoms with Gasteiger partial charge in [0.15, 0.2) is 5.84 Å². The predicted molar refractivity (Wildman–Crippen MR) is 194 cm³/mol. The van der Waals surface area contributed by atoms with E-state index in [0.717, 1.165) is 61.2 Å². The molecule has 0 saturated carbocycles. The average Bonchev–Trinajstić information content (AvgIpc) is 3.55. The molecule has 4 heteroatoms. The highest BCUT2D eigenvalue weighted by Crippen LogP contribution is 2.41. The third kappa shape index (κ3) is 4.88. The van der Waals surface area contributed by atoms with E-state index in [0.29, 0.717) is 5.84 Å². The number of hydrogen-bond acceptors (Lipinski definition) is 4. The zero-order valence-corrected chi connectivity index (χ0v) is 25.5. The van der Waals surface area contributed by atoms with Crippen LogP contribution in [0.3, 0.4) is 0 Å². The van der Waals surface area contributed by atoms with E-state index in [-0.39, 0.29) is 6.17 Å². The molecule has 222 valence electrons. The van der Waals surface area contributed by atoms with Gasteiger partial charge in [0.1, 0.15) is 23.2 Å². The quantitative estimate of drug-likeness (QED) is 0.213. The van der Waals surface area contributed by atoms with Crippen LogP contribution in [0.25, 0.3) is 55.0 Å². The van der Waals surface area contributed by atoms with Crippen molar-refractivity contribution >= 4 is 44.4 Å². The van der Waals surface area contributed by atoms with Gasteiger partial charge in [0.25, 0.3) is 0 Å². The lowest BCUT2D eigenvalue weighted by atomic mass is 9.95. The maximum atomic E-state index is 6.65. The number of rotatable bonds is 5. The minimum atomic E-state index is -0.388. The standard InChI is InChI=1S/C43H29N3O/c1-3-11-28(12-4-1)30-19-22-32(23-20-30)42-44-41(31-14-5-2-6-15-31)45-43(46-42)37-26-25-35(34-24-21-29-13-7-8-16-33(29)27-34)40-39(37)36-17-9-10-18-38(36)47-40/h1-27,43H,(H,44,45,46). The Morgan fingerprint density at radius 1 is 0.511 bits per heavy atom. The number of nitrogens with zero attached hydrogens (tertiary/aromatic N) is 2. The largest absolute Gasteiger partial charge is 0.455 e. The fourth-order valence-electron chi connectivity index (χ4n) is 6.59. The molecule has 0 aliphatic carbocycles. The van der Waals surface area contributed by atoms with Gasteiger partial charge in [-0.25, -0.2) is 9.98 Å². The van der Waals surface area contributed by atoms with E-state index >= 15 is 0 Å². The molecular formula is C43H29N3O. The van der Waals surface area contributed by atoms with E-state index in [9.17, 15) is 0 Å². The summed E-state index contributed by atoms with van der Waals surface area (Å²) in [5.74, 6) is 1.47. The molecule has 8 aromatic rings. The van der Waals surface area contributed by atoms with Crippen LogP contribution in [-0.2, 0) is 0 Å². The number of para-hydroxylation sites is 1. The maximum absolute atomic E-state index is 6.65. The minimum Gasteiger partial charge on any atom is -0.455 e. The Hall–Kier alpha value is -6.26. The van der Waals surface area contributed by atoms with Crippen LogP contribution in [0.4, 0.5) is 0 Å². The summed E-state index contributed by atoms with van der Waals surface area (Å²) in [6.45, 7) is 0. The Kier molecular flexibility index (Phi) is 6.50. The van der Waals surface area contributed by atoms with Crippen LogP contribution < -0.4 is 5.32 Å². The van der Waals surface area contributed by atoms with Crippen LogP contribution in [0.2, 0.25) is 0 Å². The first kappa shape index (κ1) is 27.1. The van der Waals surface area contributed by atoms with Crippen molar-refractivity contribution < 1.29 is 4.42 Å². The van der Waals surface area contributed by atoms with Crippen molar-refractivity contribution in [2.45, 2.75) is 6.17 Å². The molecule has 1 N–H and O–H groups in total. The first-order chi connectivity index (χ1) is 23.3. The van der Waals surface area contributed by atoms with E-state index < -0.39 is 0 Å². The summed E-state index contributed by atoms with van der Waals surface area (Å²) in [6, 6.07) is 56.9. The smallest absolute Gasteiger partial charge is 0.159 e. The van der Waals surface area contributed by atoms with Gasteiger partial charge in [-0.05, 0) is 39.6 Å². The third-order valence-corrected chi connectivity index (χ3v) is 8.95. The van der Waals surface area contributed by atoms with Gasteiger partial charge in [-0.2, -0.15) is 0 Å². The summed E-state index contributed by atoms with van der Waals surface area (Å²) in [7, 11) is 0. The second-order valence-electron chi connectivity index (χ2n) is 11.8. The molecule has 1 atom stereocenters. The SMILES string of the molecule is c1ccc(C2=NC(c3ccc(-c4ccc5ccccc5c4)c4oc5ccccc5c34)NC(c3ccc(-c4ccccc4)cc3)=N2)cc1. The zero-order chi connectivity index (χ0) is 31.2.